The van der Waals surface area contributed by atoms with Crippen molar-refractivity contribution in [3.05, 3.63) is 77.9 Å². The number of hydrogen-bond donors (Lipinski definition) is 0. The van der Waals surface area contributed by atoms with Gasteiger partial charge in [0.15, 0.2) is 5.78 Å². The largest absolute Gasteiger partial charge is 0.497 e. The molecule has 0 saturated carbocycles. The minimum atomic E-state index is -0.374. The van der Waals surface area contributed by atoms with Crippen LogP contribution >= 0.6 is 11.3 Å². The molecule has 1 aromatic heterocycles. The van der Waals surface area contributed by atoms with Crippen molar-refractivity contribution in [2.75, 3.05) is 33.4 Å². The monoisotopic (exact) mass is 529 g/mol. The number of thiophene rings is 1. The summed E-state index contributed by atoms with van der Waals surface area (Å²) in [7, 11) is 1.63. The smallest absolute Gasteiger partial charge is 0.308 e. The van der Waals surface area contributed by atoms with Gasteiger partial charge in [0.25, 0.3) is 0 Å². The lowest BCUT2D eigenvalue weighted by molar-refractivity contribution is -0.131. The quantitative estimate of drug-likeness (QED) is 0.138. The first-order valence-corrected chi connectivity index (χ1v) is 13.7. The second-order valence-corrected chi connectivity index (χ2v) is 10.4. The Morgan fingerprint density at radius 1 is 0.868 bits per heavy atom. The van der Waals surface area contributed by atoms with Gasteiger partial charge < -0.3 is 14.2 Å². The Morgan fingerprint density at radius 2 is 1.55 bits per heavy atom. The highest BCUT2D eigenvalue weighted by Crippen LogP contribution is 2.41. The molecule has 1 aliphatic heterocycles. The Bertz CT molecular complexity index is 1420. The fraction of sp³-hybridized carbons (Fsp3) is 0.290. The van der Waals surface area contributed by atoms with E-state index >= 15 is 0 Å². The van der Waals surface area contributed by atoms with Gasteiger partial charge in [0.2, 0.25) is 0 Å². The number of piperidine rings is 1. The van der Waals surface area contributed by atoms with E-state index in [1.54, 1.807) is 19.2 Å². The number of rotatable bonds is 9. The van der Waals surface area contributed by atoms with Gasteiger partial charge in [0.05, 0.1) is 7.11 Å². The maximum Gasteiger partial charge on any atom is 0.308 e. The molecule has 1 saturated heterocycles. The van der Waals surface area contributed by atoms with E-state index in [9.17, 15) is 9.59 Å². The van der Waals surface area contributed by atoms with Crippen molar-refractivity contribution in [1.29, 1.82) is 0 Å². The molecule has 0 unspecified atom stereocenters. The van der Waals surface area contributed by atoms with Crippen LogP contribution in [-0.2, 0) is 4.79 Å². The highest BCUT2D eigenvalue weighted by molar-refractivity contribution is 7.22. The number of carbonyl (C=O) groups is 2. The molecule has 6 nitrogen and oxygen atoms in total. The zero-order valence-corrected chi connectivity index (χ0v) is 22.5. The van der Waals surface area contributed by atoms with E-state index < -0.39 is 0 Å². The van der Waals surface area contributed by atoms with Gasteiger partial charge >= 0.3 is 5.97 Å². The molecule has 0 bridgehead atoms. The maximum atomic E-state index is 13.9. The summed E-state index contributed by atoms with van der Waals surface area (Å²) in [5, 5.41) is 0.877. The molecule has 38 heavy (non-hydrogen) atoms. The fourth-order valence-electron chi connectivity index (χ4n) is 4.80. The highest BCUT2D eigenvalue weighted by Gasteiger charge is 2.22. The third-order valence-corrected chi connectivity index (χ3v) is 7.95. The number of methoxy groups -OCH3 is 1. The molecular formula is C31H31NO5S. The van der Waals surface area contributed by atoms with Crippen molar-refractivity contribution in [3.63, 3.8) is 0 Å². The molecule has 4 aromatic rings. The van der Waals surface area contributed by atoms with Crippen LogP contribution in [0.15, 0.2) is 66.7 Å². The third kappa shape index (κ3) is 5.90. The van der Waals surface area contributed by atoms with Gasteiger partial charge in [-0.1, -0.05) is 6.42 Å². The van der Waals surface area contributed by atoms with Crippen LogP contribution in [0, 0.1) is 0 Å². The molecule has 0 aliphatic carbocycles. The Kier molecular flexibility index (Phi) is 8.05. The zero-order valence-electron chi connectivity index (χ0n) is 21.7. The predicted octanol–water partition coefficient (Wildman–Crippen LogP) is 6.60. The summed E-state index contributed by atoms with van der Waals surface area (Å²) in [6, 6.07) is 20.4. The van der Waals surface area contributed by atoms with Crippen LogP contribution in [0.25, 0.3) is 20.5 Å². The number of ketones is 1. The Morgan fingerprint density at radius 3 is 2.24 bits per heavy atom. The number of hydrogen-bond acceptors (Lipinski definition) is 7. The van der Waals surface area contributed by atoms with Gasteiger partial charge in [-0.3, -0.25) is 14.5 Å². The van der Waals surface area contributed by atoms with Crippen LogP contribution < -0.4 is 14.2 Å². The van der Waals surface area contributed by atoms with E-state index in [0.29, 0.717) is 23.5 Å². The molecule has 0 radical (unpaired) electrons. The van der Waals surface area contributed by atoms with Crippen molar-refractivity contribution < 1.29 is 23.8 Å². The Balaban J connectivity index is 1.40. The summed E-state index contributed by atoms with van der Waals surface area (Å²) >= 11 is 1.54. The average molecular weight is 530 g/mol. The van der Waals surface area contributed by atoms with Crippen LogP contribution in [0.1, 0.15) is 42.1 Å². The Labute approximate surface area is 226 Å². The summed E-state index contributed by atoms with van der Waals surface area (Å²) in [6.07, 6.45) is 3.85. The van der Waals surface area contributed by atoms with Crippen molar-refractivity contribution in [2.45, 2.75) is 26.2 Å². The number of fused-ring (bicyclic) bond motifs is 1. The number of ether oxygens (including phenoxy) is 3. The second kappa shape index (κ2) is 11.8. The number of carbonyl (C=O) groups excluding carboxylic acids is 2. The fourth-order valence-corrected chi connectivity index (χ4v) is 6.03. The first-order chi connectivity index (χ1) is 18.5. The third-order valence-electron chi connectivity index (χ3n) is 6.74. The zero-order chi connectivity index (χ0) is 26.5. The molecule has 2 heterocycles. The van der Waals surface area contributed by atoms with Crippen molar-refractivity contribution >= 4 is 33.2 Å². The molecule has 0 atom stereocenters. The number of likely N-dealkylation sites (tertiary alicyclic amines) is 1. The molecule has 3 aromatic carbocycles. The van der Waals surface area contributed by atoms with E-state index in [1.165, 1.54) is 37.5 Å². The van der Waals surface area contributed by atoms with Crippen LogP contribution in [0.3, 0.4) is 0 Å². The molecular weight excluding hydrogens is 498 g/mol. The highest BCUT2D eigenvalue weighted by atomic mass is 32.1. The number of nitrogens with zero attached hydrogens (tertiary/aromatic N) is 1. The SMILES string of the molecule is COc1ccc2c(C(=O)c3ccc(OCCN4CCCCC4)cc3)c(-c3ccc(OC(C)=O)cc3)sc2c1. The lowest BCUT2D eigenvalue weighted by Gasteiger charge is -2.26. The lowest BCUT2D eigenvalue weighted by atomic mass is 9.97. The van der Waals surface area contributed by atoms with E-state index in [2.05, 4.69) is 4.90 Å². The normalized spacial score (nSPS) is 13.8. The van der Waals surface area contributed by atoms with Gasteiger partial charge in [0.1, 0.15) is 23.9 Å². The molecule has 1 fully saturated rings. The van der Waals surface area contributed by atoms with Crippen molar-refractivity contribution in [2.24, 2.45) is 0 Å². The van der Waals surface area contributed by atoms with Gasteiger partial charge in [-0.05, 0) is 98.2 Å². The Hall–Kier alpha value is -3.68. The predicted molar refractivity (Wildman–Crippen MR) is 151 cm³/mol. The molecule has 0 spiro atoms. The van der Waals surface area contributed by atoms with Crippen LogP contribution in [0.5, 0.6) is 17.2 Å². The van der Waals surface area contributed by atoms with Crippen molar-refractivity contribution in [3.8, 4) is 27.7 Å². The first kappa shape index (κ1) is 25.9. The van der Waals surface area contributed by atoms with Crippen LogP contribution in [0.2, 0.25) is 0 Å². The van der Waals surface area contributed by atoms with Crippen LogP contribution in [0.4, 0.5) is 0 Å². The minimum Gasteiger partial charge on any atom is -0.497 e. The van der Waals surface area contributed by atoms with E-state index in [1.807, 2.05) is 54.6 Å². The first-order valence-electron chi connectivity index (χ1n) is 12.9. The van der Waals surface area contributed by atoms with E-state index in [-0.39, 0.29) is 11.8 Å². The molecule has 0 N–H and O–H groups in total. The number of benzene rings is 3. The lowest BCUT2D eigenvalue weighted by Crippen LogP contribution is -2.33. The molecule has 5 rings (SSSR count). The van der Waals surface area contributed by atoms with E-state index in [0.717, 1.165) is 51.7 Å². The summed E-state index contributed by atoms with van der Waals surface area (Å²) in [5.41, 5.74) is 2.12. The summed E-state index contributed by atoms with van der Waals surface area (Å²) < 4.78 is 17.5. The minimum absolute atomic E-state index is 0.0552. The molecule has 7 heteroatoms. The molecule has 1 aliphatic rings. The molecule has 0 amide bonds. The standard InChI is InChI=1S/C31H31NO5S/c1-21(33)37-25-12-8-23(9-13-25)31-29(27-15-14-26(35-2)20-28(27)38-31)30(34)22-6-10-24(11-7-22)36-19-18-32-16-4-3-5-17-32/h6-15,20H,3-5,16-19H2,1-2H3. The number of esters is 1. The topological polar surface area (TPSA) is 65.1 Å². The van der Waals surface area contributed by atoms with Gasteiger partial charge in [0, 0.05) is 39.6 Å². The van der Waals surface area contributed by atoms with Gasteiger partial charge in [-0.25, -0.2) is 0 Å². The summed E-state index contributed by atoms with van der Waals surface area (Å²) in [4.78, 5) is 28.5. The molecule has 196 valence electrons. The van der Waals surface area contributed by atoms with Gasteiger partial charge in [-0.2, -0.15) is 0 Å². The maximum absolute atomic E-state index is 13.9. The summed E-state index contributed by atoms with van der Waals surface area (Å²) in [6.45, 7) is 5.22. The van der Waals surface area contributed by atoms with Gasteiger partial charge in [-0.15, -0.1) is 11.3 Å². The van der Waals surface area contributed by atoms with Crippen LogP contribution in [-0.4, -0.2) is 50.0 Å². The second-order valence-electron chi connectivity index (χ2n) is 9.39. The average Bonchev–Trinajstić information content (AvgIpc) is 3.32. The van der Waals surface area contributed by atoms with Crippen molar-refractivity contribution in [1.82, 2.24) is 4.90 Å². The summed E-state index contributed by atoms with van der Waals surface area (Å²) in [5.74, 6) is 1.54. The van der Waals surface area contributed by atoms with E-state index in [4.69, 9.17) is 14.2 Å².